The van der Waals surface area contributed by atoms with Crippen molar-refractivity contribution in [1.82, 2.24) is 0 Å². The number of amides is 1. The van der Waals surface area contributed by atoms with Gasteiger partial charge in [-0.15, -0.1) is 23.5 Å². The van der Waals surface area contributed by atoms with Gasteiger partial charge in [-0.25, -0.2) is 8.78 Å². The van der Waals surface area contributed by atoms with Crippen LogP contribution >= 0.6 is 23.5 Å². The number of nitrogens with zero attached hydrogens (tertiary/aromatic N) is 1. The molecule has 0 unspecified atom stereocenters. The van der Waals surface area contributed by atoms with E-state index in [1.54, 1.807) is 16.7 Å². The van der Waals surface area contributed by atoms with Crippen molar-refractivity contribution in [2.75, 3.05) is 17.2 Å². The Bertz CT molecular complexity index is 754. The quantitative estimate of drug-likeness (QED) is 0.716. The molecule has 6 heteroatoms. The van der Waals surface area contributed by atoms with Gasteiger partial charge < -0.3 is 4.90 Å². The molecule has 0 aliphatic carbocycles. The standard InChI is InChI=1S/C18H17F2NOS2/c1-12-8-9-21(16-4-2-3-5-17(16)24-12)18(22)11-23-13-6-7-14(19)15(20)10-13/h2-7,10,12H,8-9,11H2,1H3/t12-/m0/s1. The molecule has 1 amide bonds. The molecular formula is C18H17F2NOS2. The minimum atomic E-state index is -0.891. The molecule has 0 spiro atoms. The molecule has 24 heavy (non-hydrogen) atoms. The fraction of sp³-hybridized carbons (Fsp3) is 0.278. The fourth-order valence-corrected chi connectivity index (χ4v) is 4.45. The predicted octanol–water partition coefficient (Wildman–Crippen LogP) is 4.97. The van der Waals surface area contributed by atoms with Gasteiger partial charge in [0.1, 0.15) is 0 Å². The third kappa shape index (κ3) is 3.92. The highest BCUT2D eigenvalue weighted by Gasteiger charge is 2.24. The van der Waals surface area contributed by atoms with Crippen molar-refractivity contribution in [1.29, 1.82) is 0 Å². The van der Waals surface area contributed by atoms with Gasteiger partial charge in [0.25, 0.3) is 0 Å². The molecule has 2 nitrogen and oxygen atoms in total. The van der Waals surface area contributed by atoms with E-state index in [0.717, 1.165) is 29.1 Å². The summed E-state index contributed by atoms with van der Waals surface area (Å²) >= 11 is 3.00. The maximum absolute atomic E-state index is 13.3. The lowest BCUT2D eigenvalue weighted by atomic mass is 10.2. The number of para-hydroxylation sites is 1. The van der Waals surface area contributed by atoms with Gasteiger partial charge in [-0.3, -0.25) is 4.79 Å². The Hall–Kier alpha value is -1.53. The maximum Gasteiger partial charge on any atom is 0.237 e. The molecule has 1 atom stereocenters. The zero-order valence-corrected chi connectivity index (χ0v) is 14.8. The summed E-state index contributed by atoms with van der Waals surface area (Å²) in [6.45, 7) is 2.83. The number of carbonyl (C=O) groups is 1. The van der Waals surface area contributed by atoms with Gasteiger partial charge in [-0.05, 0) is 36.8 Å². The summed E-state index contributed by atoms with van der Waals surface area (Å²) in [7, 11) is 0. The first-order chi connectivity index (χ1) is 11.5. The molecule has 0 saturated heterocycles. The number of benzene rings is 2. The molecule has 126 valence electrons. The van der Waals surface area contributed by atoms with E-state index in [0.29, 0.717) is 16.7 Å². The Labute approximate surface area is 148 Å². The number of hydrogen-bond donors (Lipinski definition) is 0. The Balaban J connectivity index is 1.73. The molecular weight excluding hydrogens is 348 g/mol. The Morgan fingerprint density at radius 2 is 2.04 bits per heavy atom. The molecule has 1 aliphatic rings. The molecule has 0 aromatic heterocycles. The van der Waals surface area contributed by atoms with Crippen molar-refractivity contribution in [3.8, 4) is 0 Å². The second-order valence-electron chi connectivity index (χ2n) is 5.59. The van der Waals surface area contributed by atoms with Gasteiger partial charge >= 0.3 is 0 Å². The molecule has 0 bridgehead atoms. The lowest BCUT2D eigenvalue weighted by molar-refractivity contribution is -0.116. The van der Waals surface area contributed by atoms with Gasteiger partial charge in [-0.2, -0.15) is 0 Å². The average molecular weight is 365 g/mol. The van der Waals surface area contributed by atoms with Gasteiger partial charge in [0.2, 0.25) is 5.91 Å². The van der Waals surface area contributed by atoms with E-state index in [-0.39, 0.29) is 11.7 Å². The summed E-state index contributed by atoms with van der Waals surface area (Å²) in [5.74, 6) is -1.60. The molecule has 3 rings (SSSR count). The molecule has 2 aromatic rings. The minimum absolute atomic E-state index is 0.0214. The number of carbonyl (C=O) groups excluding carboxylic acids is 1. The highest BCUT2D eigenvalue weighted by molar-refractivity contribution is 8.00. The van der Waals surface area contributed by atoms with Crippen molar-refractivity contribution in [3.05, 3.63) is 54.1 Å². The number of hydrogen-bond acceptors (Lipinski definition) is 3. The van der Waals surface area contributed by atoms with Crippen LogP contribution in [0.3, 0.4) is 0 Å². The molecule has 0 radical (unpaired) electrons. The maximum atomic E-state index is 13.3. The lowest BCUT2D eigenvalue weighted by Gasteiger charge is -2.22. The topological polar surface area (TPSA) is 20.3 Å². The first-order valence-corrected chi connectivity index (χ1v) is 9.55. The number of anilines is 1. The van der Waals surface area contributed by atoms with Gasteiger partial charge in [0.05, 0.1) is 11.4 Å². The van der Waals surface area contributed by atoms with Gasteiger partial charge in [-0.1, -0.05) is 19.1 Å². The van der Waals surface area contributed by atoms with Crippen LogP contribution in [0.2, 0.25) is 0 Å². The molecule has 0 saturated carbocycles. The van der Waals surface area contributed by atoms with E-state index in [9.17, 15) is 13.6 Å². The third-order valence-corrected chi connectivity index (χ3v) is 6.01. The van der Waals surface area contributed by atoms with Crippen LogP contribution in [0.25, 0.3) is 0 Å². The summed E-state index contributed by atoms with van der Waals surface area (Å²) in [5, 5.41) is 0.447. The van der Waals surface area contributed by atoms with Gasteiger partial charge in [0, 0.05) is 21.6 Å². The van der Waals surface area contributed by atoms with Crippen molar-refractivity contribution in [2.24, 2.45) is 0 Å². The Kier molecular flexibility index (Phi) is 5.46. The van der Waals surface area contributed by atoms with E-state index in [1.807, 2.05) is 24.3 Å². The van der Waals surface area contributed by atoms with Crippen LogP contribution in [-0.2, 0) is 4.79 Å². The van der Waals surface area contributed by atoms with E-state index in [2.05, 4.69) is 6.92 Å². The van der Waals surface area contributed by atoms with Gasteiger partial charge in [0.15, 0.2) is 11.6 Å². The second kappa shape index (κ2) is 7.57. The van der Waals surface area contributed by atoms with Crippen LogP contribution in [0, 0.1) is 11.6 Å². The summed E-state index contributed by atoms with van der Waals surface area (Å²) < 4.78 is 26.2. The van der Waals surface area contributed by atoms with Crippen LogP contribution in [0.5, 0.6) is 0 Å². The van der Waals surface area contributed by atoms with Crippen molar-refractivity contribution >= 4 is 35.1 Å². The fourth-order valence-electron chi connectivity index (χ4n) is 2.54. The normalized spacial score (nSPS) is 17.3. The number of thioether (sulfide) groups is 2. The monoisotopic (exact) mass is 365 g/mol. The summed E-state index contributed by atoms with van der Waals surface area (Å²) in [6.07, 6.45) is 0.918. The molecule has 1 heterocycles. The number of halogens is 2. The van der Waals surface area contributed by atoms with E-state index >= 15 is 0 Å². The molecule has 0 N–H and O–H groups in total. The smallest absolute Gasteiger partial charge is 0.237 e. The predicted molar refractivity (Wildman–Crippen MR) is 95.8 cm³/mol. The SMILES string of the molecule is C[C@H]1CCN(C(=O)CSc2ccc(F)c(F)c2)c2ccccc2S1. The van der Waals surface area contributed by atoms with Crippen molar-refractivity contribution in [2.45, 2.75) is 28.4 Å². The van der Waals surface area contributed by atoms with E-state index < -0.39 is 11.6 Å². The summed E-state index contributed by atoms with van der Waals surface area (Å²) in [5.41, 5.74) is 0.933. The average Bonchev–Trinajstić information content (AvgIpc) is 2.74. The van der Waals surface area contributed by atoms with Crippen LogP contribution in [0.1, 0.15) is 13.3 Å². The lowest BCUT2D eigenvalue weighted by Crippen LogP contribution is -2.33. The van der Waals surface area contributed by atoms with E-state index in [4.69, 9.17) is 0 Å². The van der Waals surface area contributed by atoms with Crippen molar-refractivity contribution in [3.63, 3.8) is 0 Å². The first-order valence-electron chi connectivity index (χ1n) is 7.68. The molecule has 0 fully saturated rings. The highest BCUT2D eigenvalue weighted by atomic mass is 32.2. The third-order valence-electron chi connectivity index (χ3n) is 3.80. The largest absolute Gasteiger partial charge is 0.311 e. The van der Waals surface area contributed by atoms with Crippen LogP contribution in [0.15, 0.2) is 52.3 Å². The summed E-state index contributed by atoms with van der Waals surface area (Å²) in [6, 6.07) is 11.6. The second-order valence-corrected chi connectivity index (χ2v) is 8.12. The zero-order chi connectivity index (χ0) is 17.1. The number of fused-ring (bicyclic) bond motifs is 1. The van der Waals surface area contributed by atoms with Crippen LogP contribution in [0.4, 0.5) is 14.5 Å². The molecule has 1 aliphatic heterocycles. The van der Waals surface area contributed by atoms with E-state index in [1.165, 1.54) is 17.8 Å². The highest BCUT2D eigenvalue weighted by Crippen LogP contribution is 2.37. The Morgan fingerprint density at radius 1 is 1.25 bits per heavy atom. The minimum Gasteiger partial charge on any atom is -0.311 e. The first kappa shape index (κ1) is 17.3. The number of rotatable bonds is 3. The zero-order valence-electron chi connectivity index (χ0n) is 13.2. The Morgan fingerprint density at radius 3 is 2.83 bits per heavy atom. The molecule has 2 aromatic carbocycles. The summed E-state index contributed by atoms with van der Waals surface area (Å²) in [4.78, 5) is 16.1. The van der Waals surface area contributed by atoms with Crippen molar-refractivity contribution < 1.29 is 13.6 Å². The van der Waals surface area contributed by atoms with Crippen LogP contribution < -0.4 is 4.90 Å². The van der Waals surface area contributed by atoms with Crippen LogP contribution in [-0.4, -0.2) is 23.5 Å².